The van der Waals surface area contributed by atoms with Gasteiger partial charge in [-0.3, -0.25) is 4.79 Å². The number of hydrogen-bond acceptors (Lipinski definition) is 4. The van der Waals surface area contributed by atoms with Crippen LogP contribution in [0.25, 0.3) is 0 Å². The highest BCUT2D eigenvalue weighted by Gasteiger charge is 2.30. The molecule has 24 heavy (non-hydrogen) atoms. The Morgan fingerprint density at radius 2 is 1.83 bits per heavy atom. The van der Waals surface area contributed by atoms with Crippen molar-refractivity contribution in [3.05, 3.63) is 28.8 Å². The molecule has 0 fully saturated rings. The summed E-state index contributed by atoms with van der Waals surface area (Å²) in [5, 5.41) is 3.07. The molecule has 0 aromatic heterocycles. The van der Waals surface area contributed by atoms with E-state index >= 15 is 0 Å². The first-order valence-corrected chi connectivity index (χ1v) is 8.70. The lowest BCUT2D eigenvalue weighted by Gasteiger charge is -2.29. The van der Waals surface area contributed by atoms with Gasteiger partial charge < -0.3 is 10.1 Å². The third-order valence-electron chi connectivity index (χ3n) is 4.23. The molecule has 0 spiro atoms. The van der Waals surface area contributed by atoms with Crippen LogP contribution >= 0.6 is 0 Å². The first kappa shape index (κ1) is 20.4. The van der Waals surface area contributed by atoms with E-state index in [1.54, 1.807) is 6.92 Å². The molecule has 0 heterocycles. The van der Waals surface area contributed by atoms with Gasteiger partial charge in [-0.2, -0.15) is 0 Å². The SMILES string of the molecule is CCN[C@H](C)C(=O)Oc1cc(C)cc(C)c1C(C)(C)CC(=O)CC. The number of nitrogens with one attached hydrogen (secondary N) is 1. The number of hydrogen-bond donors (Lipinski definition) is 1. The fraction of sp³-hybridized carbons (Fsp3) is 0.600. The second kappa shape index (κ2) is 8.43. The molecule has 0 amide bonds. The van der Waals surface area contributed by atoms with E-state index in [0.717, 1.165) is 16.7 Å². The lowest BCUT2D eigenvalue weighted by molar-refractivity contribution is -0.136. The third kappa shape index (κ3) is 5.17. The van der Waals surface area contributed by atoms with Crippen LogP contribution in [0.4, 0.5) is 0 Å². The number of ketones is 1. The van der Waals surface area contributed by atoms with Gasteiger partial charge in [0.15, 0.2) is 0 Å². The zero-order valence-corrected chi connectivity index (χ0v) is 16.1. The Balaban J connectivity index is 3.25. The van der Waals surface area contributed by atoms with E-state index in [2.05, 4.69) is 11.4 Å². The molecule has 0 bridgehead atoms. The molecule has 134 valence electrons. The van der Waals surface area contributed by atoms with Crippen molar-refractivity contribution in [1.82, 2.24) is 5.32 Å². The zero-order chi connectivity index (χ0) is 18.5. The standard InChI is InChI=1S/C20H31NO3/c1-8-16(22)12-20(6,7)18-14(4)10-13(3)11-17(18)24-19(23)15(5)21-9-2/h10-11,15,21H,8-9,12H2,1-7H3/t15-/m1/s1. The maximum atomic E-state index is 12.3. The molecule has 0 aliphatic rings. The number of aryl methyl sites for hydroxylation is 2. The fourth-order valence-electron chi connectivity index (χ4n) is 3.17. The zero-order valence-electron chi connectivity index (χ0n) is 16.1. The summed E-state index contributed by atoms with van der Waals surface area (Å²) in [5.41, 5.74) is 2.63. The molecule has 0 aliphatic carbocycles. The number of carbonyl (C=O) groups is 2. The summed E-state index contributed by atoms with van der Waals surface area (Å²) in [6, 6.07) is 3.58. The Bertz CT molecular complexity index is 605. The maximum Gasteiger partial charge on any atom is 0.328 e. The molecule has 1 aromatic rings. The fourth-order valence-corrected chi connectivity index (χ4v) is 3.17. The molecule has 1 rings (SSSR count). The van der Waals surface area contributed by atoms with Gasteiger partial charge in [-0.25, -0.2) is 4.79 Å². The van der Waals surface area contributed by atoms with Crippen molar-refractivity contribution in [3.8, 4) is 5.75 Å². The maximum absolute atomic E-state index is 12.3. The molecule has 1 aromatic carbocycles. The van der Waals surface area contributed by atoms with Crippen molar-refractivity contribution in [2.45, 2.75) is 72.8 Å². The van der Waals surface area contributed by atoms with Crippen LogP contribution in [0.2, 0.25) is 0 Å². The van der Waals surface area contributed by atoms with E-state index in [1.165, 1.54) is 0 Å². The first-order valence-electron chi connectivity index (χ1n) is 8.70. The summed E-state index contributed by atoms with van der Waals surface area (Å²) < 4.78 is 5.71. The number of ether oxygens (including phenoxy) is 1. The van der Waals surface area contributed by atoms with Gasteiger partial charge in [0.25, 0.3) is 0 Å². The minimum Gasteiger partial charge on any atom is -0.425 e. The molecule has 0 aliphatic heterocycles. The van der Waals surface area contributed by atoms with Gasteiger partial charge in [0.2, 0.25) is 0 Å². The van der Waals surface area contributed by atoms with Gasteiger partial charge in [0.05, 0.1) is 0 Å². The van der Waals surface area contributed by atoms with Crippen molar-refractivity contribution in [1.29, 1.82) is 0 Å². The monoisotopic (exact) mass is 333 g/mol. The van der Waals surface area contributed by atoms with E-state index < -0.39 is 0 Å². The normalized spacial score (nSPS) is 12.8. The van der Waals surface area contributed by atoms with Crippen LogP contribution in [0.5, 0.6) is 5.75 Å². The van der Waals surface area contributed by atoms with Crippen LogP contribution < -0.4 is 10.1 Å². The molecule has 0 unspecified atom stereocenters. The number of esters is 1. The van der Waals surface area contributed by atoms with E-state index in [9.17, 15) is 9.59 Å². The summed E-state index contributed by atoms with van der Waals surface area (Å²) >= 11 is 0. The number of Topliss-reactive ketones (excluding diaryl/α,β-unsaturated/α-hetero) is 1. The molecular weight excluding hydrogens is 302 g/mol. The minimum absolute atomic E-state index is 0.207. The van der Waals surface area contributed by atoms with E-state index in [-0.39, 0.29) is 23.2 Å². The van der Waals surface area contributed by atoms with Crippen LogP contribution in [-0.2, 0) is 15.0 Å². The molecule has 4 heteroatoms. The van der Waals surface area contributed by atoms with Crippen LogP contribution in [0, 0.1) is 13.8 Å². The Morgan fingerprint density at radius 3 is 2.38 bits per heavy atom. The molecule has 0 radical (unpaired) electrons. The lowest BCUT2D eigenvalue weighted by Crippen LogP contribution is -2.37. The second-order valence-electron chi connectivity index (χ2n) is 7.11. The highest BCUT2D eigenvalue weighted by Crippen LogP contribution is 2.38. The summed E-state index contributed by atoms with van der Waals surface area (Å²) in [6.45, 7) is 14.4. The molecule has 0 saturated carbocycles. The highest BCUT2D eigenvalue weighted by atomic mass is 16.5. The van der Waals surface area contributed by atoms with Gasteiger partial charge in [-0.1, -0.05) is 33.8 Å². The number of likely N-dealkylation sites (N-methyl/N-ethyl adjacent to an activating group) is 1. The van der Waals surface area contributed by atoms with Crippen molar-refractivity contribution in [2.75, 3.05) is 6.54 Å². The molecular formula is C20H31NO3. The quantitative estimate of drug-likeness (QED) is 0.580. The van der Waals surface area contributed by atoms with Crippen molar-refractivity contribution in [2.24, 2.45) is 0 Å². The average Bonchev–Trinajstić information content (AvgIpc) is 2.45. The topological polar surface area (TPSA) is 55.4 Å². The van der Waals surface area contributed by atoms with Gasteiger partial charge in [0, 0.05) is 23.8 Å². The molecule has 1 atom stereocenters. The van der Waals surface area contributed by atoms with E-state index in [4.69, 9.17) is 4.74 Å². The smallest absolute Gasteiger partial charge is 0.328 e. The Labute approximate surface area is 146 Å². The van der Waals surface area contributed by atoms with Crippen LogP contribution in [0.1, 0.15) is 64.2 Å². The highest BCUT2D eigenvalue weighted by molar-refractivity contribution is 5.81. The van der Waals surface area contributed by atoms with E-state index in [0.29, 0.717) is 25.1 Å². The van der Waals surface area contributed by atoms with Gasteiger partial charge in [0.1, 0.15) is 17.6 Å². The summed E-state index contributed by atoms with van der Waals surface area (Å²) in [6.07, 6.45) is 0.946. The predicted octanol–water partition coefficient (Wildman–Crippen LogP) is 3.85. The second-order valence-corrected chi connectivity index (χ2v) is 7.11. The molecule has 4 nitrogen and oxygen atoms in total. The average molecular weight is 333 g/mol. The summed E-state index contributed by atoms with van der Waals surface area (Å²) in [5.74, 6) is 0.468. The van der Waals surface area contributed by atoms with Crippen LogP contribution in [-0.4, -0.2) is 24.3 Å². The summed E-state index contributed by atoms with van der Waals surface area (Å²) in [7, 11) is 0. The Kier molecular flexibility index (Phi) is 7.15. The molecule has 1 N–H and O–H groups in total. The van der Waals surface area contributed by atoms with Crippen molar-refractivity contribution >= 4 is 11.8 Å². The van der Waals surface area contributed by atoms with Crippen molar-refractivity contribution in [3.63, 3.8) is 0 Å². The largest absolute Gasteiger partial charge is 0.425 e. The number of carbonyl (C=O) groups excluding carboxylic acids is 2. The van der Waals surface area contributed by atoms with Crippen molar-refractivity contribution < 1.29 is 14.3 Å². The van der Waals surface area contributed by atoms with Gasteiger partial charge >= 0.3 is 5.97 Å². The third-order valence-corrected chi connectivity index (χ3v) is 4.23. The Hall–Kier alpha value is -1.68. The van der Waals surface area contributed by atoms with Gasteiger partial charge in [-0.05, 0) is 44.5 Å². The molecule has 0 saturated heterocycles. The van der Waals surface area contributed by atoms with E-state index in [1.807, 2.05) is 47.6 Å². The number of rotatable bonds is 8. The van der Waals surface area contributed by atoms with Gasteiger partial charge in [-0.15, -0.1) is 0 Å². The van der Waals surface area contributed by atoms with Crippen LogP contribution in [0.3, 0.4) is 0 Å². The minimum atomic E-state index is -0.387. The Morgan fingerprint density at radius 1 is 1.21 bits per heavy atom. The first-order chi connectivity index (χ1) is 11.1. The number of benzene rings is 1. The lowest BCUT2D eigenvalue weighted by atomic mass is 9.77. The predicted molar refractivity (Wildman–Crippen MR) is 97.6 cm³/mol. The van der Waals surface area contributed by atoms with Crippen LogP contribution in [0.15, 0.2) is 12.1 Å². The summed E-state index contributed by atoms with van der Waals surface area (Å²) in [4.78, 5) is 24.3.